The molecule has 3 N–H and O–H groups in total. The van der Waals surface area contributed by atoms with E-state index in [0.29, 0.717) is 11.5 Å². The molecule has 0 unspecified atom stereocenters. The molecule has 3 nitrogen and oxygen atoms in total. The van der Waals surface area contributed by atoms with Gasteiger partial charge in [-0.2, -0.15) is 0 Å². The number of rotatable bonds is 4. The van der Waals surface area contributed by atoms with Crippen molar-refractivity contribution in [1.82, 2.24) is 5.32 Å². The summed E-state index contributed by atoms with van der Waals surface area (Å²) < 4.78 is 0. The highest BCUT2D eigenvalue weighted by Crippen LogP contribution is 2.48. The Labute approximate surface area is 98.2 Å². The van der Waals surface area contributed by atoms with Gasteiger partial charge < -0.3 is 15.5 Å². The number of aliphatic hydroxyl groups excluding tert-OH is 2. The van der Waals surface area contributed by atoms with Crippen molar-refractivity contribution in [3.8, 4) is 0 Å². The second-order valence-electron chi connectivity index (χ2n) is 5.71. The summed E-state index contributed by atoms with van der Waals surface area (Å²) in [6.07, 6.45) is 10.8. The quantitative estimate of drug-likeness (QED) is 0.681. The predicted molar refractivity (Wildman–Crippen MR) is 64.3 cm³/mol. The first-order valence-corrected chi connectivity index (χ1v) is 6.76. The lowest BCUT2D eigenvalue weighted by molar-refractivity contribution is 0.126. The molecule has 0 aromatic heterocycles. The first-order chi connectivity index (χ1) is 7.78. The number of aliphatic hydroxyl groups is 2. The fraction of sp³-hybridized carbons (Fsp3) is 1.00. The van der Waals surface area contributed by atoms with Crippen LogP contribution in [0.3, 0.4) is 0 Å². The number of hydrogen-bond acceptors (Lipinski definition) is 3. The normalized spacial score (nSPS) is 25.7. The Kier molecular flexibility index (Phi) is 4.22. The molecule has 2 rings (SSSR count). The van der Waals surface area contributed by atoms with Crippen LogP contribution in [-0.4, -0.2) is 35.5 Å². The minimum Gasteiger partial charge on any atom is -0.395 e. The van der Waals surface area contributed by atoms with E-state index >= 15 is 0 Å². The SMILES string of the molecule is OCC(CO)NC1CCC2(CCCC2)CC1. The number of nitrogens with one attached hydrogen (secondary N) is 1. The second kappa shape index (κ2) is 5.48. The predicted octanol–water partition coefficient (Wildman–Crippen LogP) is 1.43. The summed E-state index contributed by atoms with van der Waals surface area (Å²) in [5.74, 6) is 0. The summed E-state index contributed by atoms with van der Waals surface area (Å²) in [4.78, 5) is 0. The summed E-state index contributed by atoms with van der Waals surface area (Å²) in [7, 11) is 0. The third-order valence-electron chi connectivity index (χ3n) is 4.62. The second-order valence-corrected chi connectivity index (χ2v) is 5.71. The highest BCUT2D eigenvalue weighted by atomic mass is 16.3. The van der Waals surface area contributed by atoms with Crippen LogP contribution in [0.5, 0.6) is 0 Å². The van der Waals surface area contributed by atoms with Crippen molar-refractivity contribution >= 4 is 0 Å². The van der Waals surface area contributed by atoms with Crippen LogP contribution in [0.4, 0.5) is 0 Å². The molecule has 2 fully saturated rings. The summed E-state index contributed by atoms with van der Waals surface area (Å²) in [6, 6.07) is 0.387. The molecular formula is C13H25NO2. The zero-order chi connectivity index (χ0) is 11.4. The van der Waals surface area contributed by atoms with Gasteiger partial charge in [0.2, 0.25) is 0 Å². The molecule has 2 aliphatic rings. The largest absolute Gasteiger partial charge is 0.395 e. The molecule has 1 spiro atoms. The van der Waals surface area contributed by atoms with Crippen molar-refractivity contribution in [1.29, 1.82) is 0 Å². The Balaban J connectivity index is 1.76. The highest BCUT2D eigenvalue weighted by Gasteiger charge is 2.37. The standard InChI is InChI=1S/C13H25NO2/c15-9-12(10-16)14-11-3-7-13(8-4-11)5-1-2-6-13/h11-12,14-16H,1-10H2. The van der Waals surface area contributed by atoms with E-state index in [1.54, 1.807) is 0 Å². The average molecular weight is 227 g/mol. The van der Waals surface area contributed by atoms with Crippen molar-refractivity contribution in [3.05, 3.63) is 0 Å². The van der Waals surface area contributed by atoms with Crippen LogP contribution in [0.25, 0.3) is 0 Å². The lowest BCUT2D eigenvalue weighted by Gasteiger charge is -2.38. The molecule has 0 aromatic carbocycles. The van der Waals surface area contributed by atoms with Gasteiger partial charge in [-0.1, -0.05) is 12.8 Å². The first kappa shape index (κ1) is 12.3. The van der Waals surface area contributed by atoms with Crippen molar-refractivity contribution in [2.45, 2.75) is 63.5 Å². The Morgan fingerprint density at radius 2 is 1.56 bits per heavy atom. The molecule has 0 bridgehead atoms. The van der Waals surface area contributed by atoms with Crippen LogP contribution < -0.4 is 5.32 Å². The highest BCUT2D eigenvalue weighted by molar-refractivity contribution is 4.91. The maximum Gasteiger partial charge on any atom is 0.0607 e. The first-order valence-electron chi connectivity index (χ1n) is 6.76. The van der Waals surface area contributed by atoms with E-state index in [0.717, 1.165) is 0 Å². The molecular weight excluding hydrogens is 202 g/mol. The van der Waals surface area contributed by atoms with Crippen LogP contribution in [-0.2, 0) is 0 Å². The lowest BCUT2D eigenvalue weighted by Crippen LogP contribution is -2.45. The molecule has 0 amide bonds. The number of hydrogen-bond donors (Lipinski definition) is 3. The van der Waals surface area contributed by atoms with Crippen molar-refractivity contribution in [3.63, 3.8) is 0 Å². The fourth-order valence-electron chi connectivity index (χ4n) is 3.52. The van der Waals surface area contributed by atoms with Gasteiger partial charge in [-0.25, -0.2) is 0 Å². The van der Waals surface area contributed by atoms with E-state index in [1.165, 1.54) is 51.4 Å². The third kappa shape index (κ3) is 2.76. The molecule has 2 saturated carbocycles. The van der Waals surface area contributed by atoms with Crippen molar-refractivity contribution in [2.24, 2.45) is 5.41 Å². The molecule has 0 heterocycles. The van der Waals surface area contributed by atoms with E-state index in [4.69, 9.17) is 10.2 Å². The Morgan fingerprint density at radius 1 is 1.00 bits per heavy atom. The van der Waals surface area contributed by atoms with Crippen LogP contribution >= 0.6 is 0 Å². The molecule has 0 aromatic rings. The topological polar surface area (TPSA) is 52.5 Å². The van der Waals surface area contributed by atoms with Gasteiger partial charge >= 0.3 is 0 Å². The van der Waals surface area contributed by atoms with E-state index < -0.39 is 0 Å². The van der Waals surface area contributed by atoms with Gasteiger partial charge in [-0.3, -0.25) is 0 Å². The summed E-state index contributed by atoms with van der Waals surface area (Å²) >= 11 is 0. The van der Waals surface area contributed by atoms with Crippen LogP contribution in [0.1, 0.15) is 51.4 Å². The fourth-order valence-corrected chi connectivity index (χ4v) is 3.52. The molecule has 16 heavy (non-hydrogen) atoms. The molecule has 0 saturated heterocycles. The van der Waals surface area contributed by atoms with Gasteiger partial charge in [0.25, 0.3) is 0 Å². The van der Waals surface area contributed by atoms with Crippen molar-refractivity contribution < 1.29 is 10.2 Å². The van der Waals surface area contributed by atoms with Gasteiger partial charge in [-0.05, 0) is 43.9 Å². The molecule has 0 atom stereocenters. The van der Waals surface area contributed by atoms with Gasteiger partial charge in [0.05, 0.1) is 19.3 Å². The van der Waals surface area contributed by atoms with E-state index in [-0.39, 0.29) is 19.3 Å². The third-order valence-corrected chi connectivity index (χ3v) is 4.62. The zero-order valence-electron chi connectivity index (χ0n) is 10.1. The average Bonchev–Trinajstić information content (AvgIpc) is 2.77. The van der Waals surface area contributed by atoms with Gasteiger partial charge in [0.1, 0.15) is 0 Å². The molecule has 0 radical (unpaired) electrons. The van der Waals surface area contributed by atoms with Gasteiger partial charge in [0, 0.05) is 6.04 Å². The summed E-state index contributed by atoms with van der Waals surface area (Å²) in [6.45, 7) is 0.0796. The van der Waals surface area contributed by atoms with Gasteiger partial charge in [0.15, 0.2) is 0 Å². The molecule has 94 valence electrons. The maximum absolute atomic E-state index is 9.04. The molecule has 0 aliphatic heterocycles. The molecule has 2 aliphatic carbocycles. The Morgan fingerprint density at radius 3 is 2.06 bits per heavy atom. The smallest absolute Gasteiger partial charge is 0.0607 e. The van der Waals surface area contributed by atoms with Crippen LogP contribution in [0.15, 0.2) is 0 Å². The van der Waals surface area contributed by atoms with E-state index in [9.17, 15) is 0 Å². The molecule has 3 heteroatoms. The van der Waals surface area contributed by atoms with Crippen LogP contribution in [0, 0.1) is 5.41 Å². The van der Waals surface area contributed by atoms with Gasteiger partial charge in [-0.15, -0.1) is 0 Å². The van der Waals surface area contributed by atoms with E-state index in [2.05, 4.69) is 5.32 Å². The van der Waals surface area contributed by atoms with Crippen LogP contribution in [0.2, 0.25) is 0 Å². The Hall–Kier alpha value is -0.120. The summed E-state index contributed by atoms with van der Waals surface area (Å²) in [5, 5.41) is 21.4. The monoisotopic (exact) mass is 227 g/mol. The zero-order valence-corrected chi connectivity index (χ0v) is 10.1. The minimum absolute atomic E-state index is 0.0398. The van der Waals surface area contributed by atoms with E-state index in [1.807, 2.05) is 0 Å². The van der Waals surface area contributed by atoms with Crippen molar-refractivity contribution in [2.75, 3.05) is 13.2 Å². The maximum atomic E-state index is 9.04. The Bertz CT molecular complexity index is 200. The lowest BCUT2D eigenvalue weighted by atomic mass is 9.71. The minimum atomic E-state index is -0.123. The summed E-state index contributed by atoms with van der Waals surface area (Å²) in [5.41, 5.74) is 0.673.